The van der Waals surface area contributed by atoms with Gasteiger partial charge in [0.15, 0.2) is 0 Å². The molecule has 0 radical (unpaired) electrons. The molecule has 1 heterocycles. The van der Waals surface area contributed by atoms with Crippen LogP contribution in [0.5, 0.6) is 5.75 Å². The van der Waals surface area contributed by atoms with E-state index in [0.717, 1.165) is 17.5 Å². The smallest absolute Gasteiger partial charge is 0.268 e. The monoisotopic (exact) mass is 428 g/mol. The van der Waals surface area contributed by atoms with E-state index in [1.54, 1.807) is 24.3 Å². The standard InChI is InChI=1S/C22H24N2O5S/c1-5-16-7-9-17(10-8-16)21-15(3)22(26)24(30(21,27)28)13-20(25)23-18-12-14(2)6-11-19(18)29-4/h6-12H,5,13H2,1-4H3,(H,23,25). The Morgan fingerprint density at radius 2 is 1.77 bits per heavy atom. The zero-order valence-electron chi connectivity index (χ0n) is 17.4. The predicted molar refractivity (Wildman–Crippen MR) is 115 cm³/mol. The van der Waals surface area contributed by atoms with Crippen LogP contribution in [0, 0.1) is 6.92 Å². The second-order valence-electron chi connectivity index (χ2n) is 7.07. The third kappa shape index (κ3) is 3.95. The summed E-state index contributed by atoms with van der Waals surface area (Å²) in [7, 11) is -2.67. The van der Waals surface area contributed by atoms with Gasteiger partial charge in [0.2, 0.25) is 5.91 Å². The zero-order chi connectivity index (χ0) is 22.1. The van der Waals surface area contributed by atoms with E-state index >= 15 is 0 Å². The maximum absolute atomic E-state index is 13.1. The van der Waals surface area contributed by atoms with Crippen LogP contribution >= 0.6 is 0 Å². The summed E-state index contributed by atoms with van der Waals surface area (Å²) in [6, 6.07) is 12.3. The lowest BCUT2D eigenvalue weighted by Crippen LogP contribution is -2.38. The van der Waals surface area contributed by atoms with Crippen molar-refractivity contribution in [1.29, 1.82) is 0 Å². The molecular formula is C22H24N2O5S. The third-order valence-electron chi connectivity index (χ3n) is 4.98. The van der Waals surface area contributed by atoms with Gasteiger partial charge in [-0.25, -0.2) is 12.7 Å². The van der Waals surface area contributed by atoms with Crippen LogP contribution in [0.2, 0.25) is 0 Å². The number of aryl methyl sites for hydroxylation is 2. The Kier molecular flexibility index (Phi) is 5.98. The number of amides is 2. The highest BCUT2D eigenvalue weighted by molar-refractivity contribution is 7.99. The van der Waals surface area contributed by atoms with Crippen LogP contribution in [0.25, 0.3) is 4.91 Å². The topological polar surface area (TPSA) is 92.8 Å². The minimum absolute atomic E-state index is 0.0592. The van der Waals surface area contributed by atoms with Gasteiger partial charge in [-0.2, -0.15) is 0 Å². The maximum atomic E-state index is 13.1. The van der Waals surface area contributed by atoms with Crippen LogP contribution in [-0.4, -0.2) is 38.2 Å². The zero-order valence-corrected chi connectivity index (χ0v) is 18.2. The molecule has 0 fully saturated rings. The number of hydrogen-bond acceptors (Lipinski definition) is 5. The van der Waals surface area contributed by atoms with Crippen LogP contribution in [0.3, 0.4) is 0 Å². The van der Waals surface area contributed by atoms with Crippen LogP contribution in [0.15, 0.2) is 48.0 Å². The third-order valence-corrected chi connectivity index (χ3v) is 6.91. The van der Waals surface area contributed by atoms with Gasteiger partial charge in [0.05, 0.1) is 12.8 Å². The first kappa shape index (κ1) is 21.6. The average molecular weight is 429 g/mol. The van der Waals surface area contributed by atoms with Crippen molar-refractivity contribution in [2.45, 2.75) is 27.2 Å². The molecule has 0 bridgehead atoms. The normalized spacial score (nSPS) is 15.5. The fourth-order valence-corrected chi connectivity index (χ4v) is 5.12. The minimum Gasteiger partial charge on any atom is -0.495 e. The molecule has 8 heteroatoms. The fraction of sp³-hybridized carbons (Fsp3) is 0.273. The van der Waals surface area contributed by atoms with Gasteiger partial charge in [-0.15, -0.1) is 0 Å². The van der Waals surface area contributed by atoms with Gasteiger partial charge < -0.3 is 10.1 Å². The Bertz CT molecular complexity index is 1130. The van der Waals surface area contributed by atoms with Gasteiger partial charge in [-0.3, -0.25) is 9.59 Å². The number of carbonyl (C=O) groups excluding carboxylic acids is 2. The Morgan fingerprint density at radius 1 is 1.10 bits per heavy atom. The number of hydrogen-bond donors (Lipinski definition) is 1. The molecule has 0 aliphatic carbocycles. The van der Waals surface area contributed by atoms with E-state index in [9.17, 15) is 18.0 Å². The number of benzene rings is 2. The van der Waals surface area contributed by atoms with E-state index in [0.29, 0.717) is 21.3 Å². The first-order valence-corrected chi connectivity index (χ1v) is 10.9. The van der Waals surface area contributed by atoms with Crippen LogP contribution in [-0.2, 0) is 26.0 Å². The van der Waals surface area contributed by atoms with Gasteiger partial charge in [-0.1, -0.05) is 37.3 Å². The highest BCUT2D eigenvalue weighted by Crippen LogP contribution is 2.35. The molecule has 2 aromatic carbocycles. The lowest BCUT2D eigenvalue weighted by atomic mass is 10.1. The summed E-state index contributed by atoms with van der Waals surface area (Å²) in [5.41, 5.74) is 2.89. The number of carbonyl (C=O) groups is 2. The highest BCUT2D eigenvalue weighted by Gasteiger charge is 2.43. The number of nitrogens with zero attached hydrogens (tertiary/aromatic N) is 1. The summed E-state index contributed by atoms with van der Waals surface area (Å²) in [4.78, 5) is 25.2. The number of nitrogens with one attached hydrogen (secondary N) is 1. The number of ether oxygens (including phenoxy) is 1. The van der Waals surface area contributed by atoms with Gasteiger partial charge in [0, 0.05) is 5.57 Å². The molecule has 0 unspecified atom stereocenters. The number of anilines is 1. The largest absolute Gasteiger partial charge is 0.495 e. The van der Waals surface area contributed by atoms with Crippen molar-refractivity contribution in [1.82, 2.24) is 4.31 Å². The quantitative estimate of drug-likeness (QED) is 0.763. The van der Waals surface area contributed by atoms with Crippen LogP contribution in [0.1, 0.15) is 30.5 Å². The number of methoxy groups -OCH3 is 1. The van der Waals surface area contributed by atoms with Crippen molar-refractivity contribution >= 4 is 32.4 Å². The van der Waals surface area contributed by atoms with E-state index in [2.05, 4.69) is 5.32 Å². The van der Waals surface area contributed by atoms with Gasteiger partial charge in [0.25, 0.3) is 15.9 Å². The Balaban J connectivity index is 1.85. The molecule has 0 atom stereocenters. The summed E-state index contributed by atoms with van der Waals surface area (Å²) in [6.45, 7) is 4.70. The van der Waals surface area contributed by atoms with E-state index in [-0.39, 0.29) is 10.5 Å². The minimum atomic E-state index is -4.14. The fourth-order valence-electron chi connectivity index (χ4n) is 3.35. The molecule has 30 heavy (non-hydrogen) atoms. The summed E-state index contributed by atoms with van der Waals surface area (Å²) < 4.78 is 32.0. The van der Waals surface area contributed by atoms with Gasteiger partial charge in [-0.05, 0) is 49.1 Å². The summed E-state index contributed by atoms with van der Waals surface area (Å²) in [5, 5.41) is 2.63. The molecule has 0 aromatic heterocycles. The molecule has 0 spiro atoms. The molecule has 1 N–H and O–H groups in total. The summed E-state index contributed by atoms with van der Waals surface area (Å²) >= 11 is 0. The molecule has 1 aliphatic heterocycles. The Labute approximate surface area is 176 Å². The SMILES string of the molecule is CCc1ccc(C2=C(C)C(=O)N(CC(=O)Nc3cc(C)ccc3OC)S2(=O)=O)cc1. The van der Waals surface area contributed by atoms with Crippen molar-refractivity contribution in [2.24, 2.45) is 0 Å². The molecule has 1 aliphatic rings. The van der Waals surface area contributed by atoms with Crippen molar-refractivity contribution in [3.05, 3.63) is 64.7 Å². The first-order valence-electron chi connectivity index (χ1n) is 9.50. The molecule has 7 nitrogen and oxygen atoms in total. The lowest BCUT2D eigenvalue weighted by molar-refractivity contribution is -0.126. The molecule has 2 amide bonds. The second kappa shape index (κ2) is 8.31. The number of rotatable bonds is 6. The second-order valence-corrected chi connectivity index (χ2v) is 8.87. The van der Waals surface area contributed by atoms with Crippen molar-refractivity contribution in [3.8, 4) is 5.75 Å². The van der Waals surface area contributed by atoms with Crippen LogP contribution < -0.4 is 10.1 Å². The van der Waals surface area contributed by atoms with Crippen molar-refractivity contribution in [2.75, 3.05) is 19.0 Å². The molecule has 0 saturated heterocycles. The van der Waals surface area contributed by atoms with E-state index < -0.39 is 28.4 Å². The summed E-state index contributed by atoms with van der Waals surface area (Å²) in [5.74, 6) is -0.891. The van der Waals surface area contributed by atoms with Crippen LogP contribution in [0.4, 0.5) is 5.69 Å². The average Bonchev–Trinajstić information content (AvgIpc) is 2.87. The van der Waals surface area contributed by atoms with E-state index in [4.69, 9.17) is 4.74 Å². The predicted octanol–water partition coefficient (Wildman–Crippen LogP) is 3.11. The first-order chi connectivity index (χ1) is 14.2. The maximum Gasteiger partial charge on any atom is 0.268 e. The molecule has 3 rings (SSSR count). The van der Waals surface area contributed by atoms with Gasteiger partial charge in [0.1, 0.15) is 17.2 Å². The number of sulfonamides is 1. The molecule has 2 aromatic rings. The molecule has 158 valence electrons. The lowest BCUT2D eigenvalue weighted by Gasteiger charge is -2.17. The summed E-state index contributed by atoms with van der Waals surface area (Å²) in [6.07, 6.45) is 0.818. The van der Waals surface area contributed by atoms with Gasteiger partial charge >= 0.3 is 0 Å². The molecule has 0 saturated carbocycles. The van der Waals surface area contributed by atoms with Crippen molar-refractivity contribution in [3.63, 3.8) is 0 Å². The highest BCUT2D eigenvalue weighted by atomic mass is 32.2. The Morgan fingerprint density at radius 3 is 2.37 bits per heavy atom. The Hall–Kier alpha value is -3.13. The molecular weight excluding hydrogens is 404 g/mol. The van der Waals surface area contributed by atoms with Crippen molar-refractivity contribution < 1.29 is 22.7 Å². The van der Waals surface area contributed by atoms with E-state index in [1.807, 2.05) is 32.0 Å². The van der Waals surface area contributed by atoms with E-state index in [1.165, 1.54) is 14.0 Å².